The Labute approximate surface area is 121 Å². The predicted octanol–water partition coefficient (Wildman–Crippen LogP) is 2.83. The third-order valence-corrected chi connectivity index (χ3v) is 3.68. The Kier molecular flexibility index (Phi) is 6.02. The van der Waals surface area contributed by atoms with E-state index in [1.807, 2.05) is 19.9 Å². The number of esters is 1. The van der Waals surface area contributed by atoms with Gasteiger partial charge in [0, 0.05) is 10.0 Å². The number of benzene rings is 1. The number of nitrogens with one attached hydrogen (secondary N) is 1. The zero-order chi connectivity index (χ0) is 14.4. The van der Waals surface area contributed by atoms with Crippen LogP contribution in [0.1, 0.15) is 35.7 Å². The zero-order valence-electron chi connectivity index (χ0n) is 11.3. The van der Waals surface area contributed by atoms with E-state index in [4.69, 9.17) is 0 Å². The van der Waals surface area contributed by atoms with Crippen LogP contribution in [0.15, 0.2) is 22.7 Å². The molecular weight excluding hydrogens is 310 g/mol. The monoisotopic (exact) mass is 327 g/mol. The van der Waals surface area contributed by atoms with Gasteiger partial charge in [-0.05, 0) is 37.1 Å². The van der Waals surface area contributed by atoms with Crippen molar-refractivity contribution in [1.29, 1.82) is 0 Å². The van der Waals surface area contributed by atoms with Gasteiger partial charge in [-0.1, -0.05) is 29.3 Å². The maximum absolute atomic E-state index is 12.1. The van der Waals surface area contributed by atoms with E-state index in [2.05, 4.69) is 26.0 Å². The van der Waals surface area contributed by atoms with Crippen molar-refractivity contribution in [3.05, 3.63) is 33.8 Å². The molecule has 0 saturated carbocycles. The largest absolute Gasteiger partial charge is 0.467 e. The second-order valence-corrected chi connectivity index (χ2v) is 5.16. The topological polar surface area (TPSA) is 55.4 Å². The van der Waals surface area contributed by atoms with Crippen molar-refractivity contribution in [2.24, 2.45) is 0 Å². The molecule has 4 nitrogen and oxygen atoms in total. The summed E-state index contributed by atoms with van der Waals surface area (Å²) in [5, 5.41) is 2.70. The fourth-order valence-corrected chi connectivity index (χ4v) is 1.95. The molecule has 0 aliphatic carbocycles. The Balaban J connectivity index is 2.81. The number of carbonyl (C=O) groups is 2. The van der Waals surface area contributed by atoms with Gasteiger partial charge in [-0.25, -0.2) is 4.79 Å². The molecule has 0 aliphatic heterocycles. The van der Waals surface area contributed by atoms with Crippen LogP contribution in [-0.4, -0.2) is 25.0 Å². The van der Waals surface area contributed by atoms with Crippen LogP contribution in [0.3, 0.4) is 0 Å². The minimum Gasteiger partial charge on any atom is -0.467 e. The van der Waals surface area contributed by atoms with Crippen molar-refractivity contribution in [3.8, 4) is 0 Å². The molecule has 19 heavy (non-hydrogen) atoms. The van der Waals surface area contributed by atoms with E-state index in [0.29, 0.717) is 12.0 Å². The maximum atomic E-state index is 12.1. The molecule has 0 aliphatic rings. The minimum absolute atomic E-state index is 0.264. The average Bonchev–Trinajstić information content (AvgIpc) is 2.40. The Hall–Kier alpha value is -1.36. The lowest BCUT2D eigenvalue weighted by Gasteiger charge is -2.16. The van der Waals surface area contributed by atoms with Crippen molar-refractivity contribution in [3.63, 3.8) is 0 Å². The van der Waals surface area contributed by atoms with Gasteiger partial charge in [-0.2, -0.15) is 0 Å². The summed E-state index contributed by atoms with van der Waals surface area (Å²) in [5.41, 5.74) is 1.50. The van der Waals surface area contributed by atoms with Crippen LogP contribution in [0.25, 0.3) is 0 Å². The molecule has 104 valence electrons. The van der Waals surface area contributed by atoms with E-state index in [1.54, 1.807) is 12.1 Å². The van der Waals surface area contributed by atoms with Crippen LogP contribution in [-0.2, 0) is 9.53 Å². The Morgan fingerprint density at radius 2 is 2.11 bits per heavy atom. The summed E-state index contributed by atoms with van der Waals surface area (Å²) >= 11 is 3.38. The fraction of sp³-hybridized carbons (Fsp3) is 0.429. The number of amides is 1. The lowest BCUT2D eigenvalue weighted by molar-refractivity contribution is -0.143. The van der Waals surface area contributed by atoms with Crippen LogP contribution in [0.5, 0.6) is 0 Å². The molecule has 0 heterocycles. The Bertz CT molecular complexity index is 474. The summed E-state index contributed by atoms with van der Waals surface area (Å²) in [5.74, 6) is -0.677. The lowest BCUT2D eigenvalue weighted by Crippen LogP contribution is -2.41. The molecule has 1 atom stereocenters. The number of aryl methyl sites for hydroxylation is 1. The van der Waals surface area contributed by atoms with Gasteiger partial charge in [0.25, 0.3) is 5.91 Å². The minimum atomic E-state index is -0.591. The molecule has 5 heteroatoms. The molecule has 0 radical (unpaired) electrons. The highest BCUT2D eigenvalue weighted by atomic mass is 79.9. The first-order chi connectivity index (χ1) is 8.99. The molecule has 1 aromatic carbocycles. The fourth-order valence-electron chi connectivity index (χ4n) is 1.71. The van der Waals surface area contributed by atoms with E-state index in [0.717, 1.165) is 16.5 Å². The first kappa shape index (κ1) is 15.7. The third-order valence-electron chi connectivity index (χ3n) is 2.79. The second-order valence-electron chi connectivity index (χ2n) is 4.30. The molecule has 0 unspecified atom stereocenters. The number of rotatable bonds is 5. The second kappa shape index (κ2) is 7.28. The Morgan fingerprint density at radius 3 is 2.63 bits per heavy atom. The molecule has 1 amide bonds. The van der Waals surface area contributed by atoms with Crippen LogP contribution in [0, 0.1) is 6.92 Å². The van der Waals surface area contributed by atoms with Gasteiger partial charge in [-0.3, -0.25) is 4.79 Å². The van der Waals surface area contributed by atoms with E-state index < -0.39 is 12.0 Å². The normalized spacial score (nSPS) is 11.8. The molecule has 0 aromatic heterocycles. The van der Waals surface area contributed by atoms with Gasteiger partial charge in [0.05, 0.1) is 7.11 Å². The van der Waals surface area contributed by atoms with Gasteiger partial charge in [0.1, 0.15) is 6.04 Å². The van der Waals surface area contributed by atoms with Gasteiger partial charge in [0.15, 0.2) is 0 Å². The van der Waals surface area contributed by atoms with E-state index in [1.165, 1.54) is 7.11 Å². The van der Waals surface area contributed by atoms with Crippen LogP contribution in [0.2, 0.25) is 0 Å². The van der Waals surface area contributed by atoms with Crippen molar-refractivity contribution >= 4 is 27.8 Å². The molecule has 0 bridgehead atoms. The highest BCUT2D eigenvalue weighted by molar-refractivity contribution is 9.10. The van der Waals surface area contributed by atoms with Gasteiger partial charge < -0.3 is 10.1 Å². The SMILES string of the molecule is CCC[C@@H](NC(=O)c1ccc(Br)c(C)c1)C(=O)OC. The van der Waals surface area contributed by atoms with Crippen molar-refractivity contribution in [2.75, 3.05) is 7.11 Å². The number of ether oxygens (including phenoxy) is 1. The average molecular weight is 328 g/mol. The van der Waals surface area contributed by atoms with Gasteiger partial charge in [0.2, 0.25) is 0 Å². The maximum Gasteiger partial charge on any atom is 0.328 e. The number of hydrogen-bond donors (Lipinski definition) is 1. The number of hydrogen-bond acceptors (Lipinski definition) is 3. The summed E-state index contributed by atoms with van der Waals surface area (Å²) in [6.07, 6.45) is 1.35. The molecule has 1 rings (SSSR count). The van der Waals surface area contributed by atoms with Crippen molar-refractivity contribution in [1.82, 2.24) is 5.32 Å². The van der Waals surface area contributed by atoms with Crippen molar-refractivity contribution in [2.45, 2.75) is 32.7 Å². The molecular formula is C14H18BrNO3. The molecule has 1 N–H and O–H groups in total. The quantitative estimate of drug-likeness (QED) is 0.846. The number of halogens is 1. The first-order valence-electron chi connectivity index (χ1n) is 6.14. The molecule has 1 aromatic rings. The smallest absolute Gasteiger partial charge is 0.328 e. The number of carbonyl (C=O) groups excluding carboxylic acids is 2. The van der Waals surface area contributed by atoms with Crippen LogP contribution < -0.4 is 5.32 Å². The Morgan fingerprint density at radius 1 is 1.42 bits per heavy atom. The molecule has 0 fully saturated rings. The molecule has 0 saturated heterocycles. The van der Waals surface area contributed by atoms with Crippen LogP contribution in [0.4, 0.5) is 0 Å². The number of methoxy groups -OCH3 is 1. The van der Waals surface area contributed by atoms with E-state index >= 15 is 0 Å². The van der Waals surface area contributed by atoms with Gasteiger partial charge >= 0.3 is 5.97 Å². The summed E-state index contributed by atoms with van der Waals surface area (Å²) in [6.45, 7) is 3.86. The summed E-state index contributed by atoms with van der Waals surface area (Å²) in [4.78, 5) is 23.6. The predicted molar refractivity (Wildman–Crippen MR) is 77.1 cm³/mol. The molecule has 0 spiro atoms. The van der Waals surface area contributed by atoms with Gasteiger partial charge in [-0.15, -0.1) is 0 Å². The van der Waals surface area contributed by atoms with Crippen molar-refractivity contribution < 1.29 is 14.3 Å². The highest BCUT2D eigenvalue weighted by Gasteiger charge is 2.21. The third kappa shape index (κ3) is 4.35. The summed E-state index contributed by atoms with van der Waals surface area (Å²) < 4.78 is 5.63. The lowest BCUT2D eigenvalue weighted by atomic mass is 10.1. The first-order valence-corrected chi connectivity index (χ1v) is 6.93. The zero-order valence-corrected chi connectivity index (χ0v) is 12.9. The summed E-state index contributed by atoms with van der Waals surface area (Å²) in [7, 11) is 1.32. The van der Waals surface area contributed by atoms with Crippen LogP contribution >= 0.6 is 15.9 Å². The highest BCUT2D eigenvalue weighted by Crippen LogP contribution is 2.17. The van der Waals surface area contributed by atoms with E-state index in [-0.39, 0.29) is 5.91 Å². The summed E-state index contributed by atoms with van der Waals surface area (Å²) in [6, 6.07) is 4.72. The van der Waals surface area contributed by atoms with E-state index in [9.17, 15) is 9.59 Å². The standard InChI is InChI=1S/C14H18BrNO3/c1-4-5-12(14(18)19-3)16-13(17)10-6-7-11(15)9(2)8-10/h6-8,12H,4-5H2,1-3H3,(H,16,17)/t12-/m1/s1.